The second-order valence-corrected chi connectivity index (χ2v) is 18.2. The average Bonchev–Trinajstić information content (AvgIpc) is 3.28. The van der Waals surface area contributed by atoms with E-state index in [1.807, 2.05) is 48.5 Å². The minimum Gasteiger partial charge on any atom is -0.867 e. The average molecular weight is 875 g/mol. The van der Waals surface area contributed by atoms with Gasteiger partial charge in [-0.2, -0.15) is 0 Å². The summed E-state index contributed by atoms with van der Waals surface area (Å²) in [5.41, 5.74) is 1.84. The third-order valence-electron chi connectivity index (χ3n) is 10.5. The van der Waals surface area contributed by atoms with Crippen LogP contribution in [-0.2, 0) is 25.5 Å². The molecule has 14 nitrogen and oxygen atoms in total. The van der Waals surface area contributed by atoms with E-state index in [1.54, 1.807) is 48.5 Å². The van der Waals surface area contributed by atoms with E-state index in [4.69, 9.17) is 20.3 Å². The highest BCUT2D eigenvalue weighted by Crippen LogP contribution is 2.39. The number of hydrogen-bond donors (Lipinski definition) is 2. The van der Waals surface area contributed by atoms with Gasteiger partial charge in [0.2, 0.25) is 10.8 Å². The molecule has 63 heavy (non-hydrogen) atoms. The molecule has 0 spiro atoms. The molecule has 8 aromatic carbocycles. The standard InChI is InChI=1S/C47H34N6O8S2/c1-47(2,29-9-17-33(18-10-29)60-35-21-13-31(14-22-35)52-62(56,57)43-7-3-5-39-37(43)25-27-41(50-48)45(39)54)30-11-19-34(20-12-30)61-36-23-15-32(16-24-36)53-63(58,59)44-8-4-6-40-38(44)26-28-42(51-49)46(40)55/h3-28,52-53H,1-2H3. The number of diazo groups is 2. The number of ether oxygens (including phenoxy) is 2. The molecule has 8 rings (SSSR count). The molecule has 0 aliphatic heterocycles. The Morgan fingerprint density at radius 2 is 0.794 bits per heavy atom. The second-order valence-electron chi connectivity index (χ2n) is 14.9. The summed E-state index contributed by atoms with van der Waals surface area (Å²) in [4.78, 5) is 5.74. The molecule has 312 valence electrons. The molecule has 0 saturated heterocycles. The van der Waals surface area contributed by atoms with Gasteiger partial charge in [-0.05, 0) is 130 Å². The van der Waals surface area contributed by atoms with Crippen molar-refractivity contribution in [2.24, 2.45) is 0 Å². The van der Waals surface area contributed by atoms with Gasteiger partial charge in [-0.15, -0.1) is 0 Å². The van der Waals surface area contributed by atoms with Gasteiger partial charge in [-0.3, -0.25) is 9.44 Å². The molecule has 0 fully saturated rings. The third kappa shape index (κ3) is 8.32. The summed E-state index contributed by atoms with van der Waals surface area (Å²) in [5.74, 6) is 0.944. The van der Waals surface area contributed by atoms with Crippen LogP contribution < -0.4 is 29.1 Å². The lowest BCUT2D eigenvalue weighted by molar-refractivity contribution is -0.265. The zero-order valence-corrected chi connectivity index (χ0v) is 35.0. The predicted octanol–water partition coefficient (Wildman–Crippen LogP) is 10.6. The van der Waals surface area contributed by atoms with Gasteiger partial charge in [0.15, 0.2) is 9.95 Å². The van der Waals surface area contributed by atoms with Gasteiger partial charge in [0.25, 0.3) is 20.0 Å². The number of hydrogen-bond acceptors (Lipinski definition) is 10. The van der Waals surface area contributed by atoms with Crippen molar-refractivity contribution in [3.8, 4) is 34.5 Å². The maximum Gasteiger partial charge on any atom is 0.378 e. The van der Waals surface area contributed by atoms with Crippen molar-refractivity contribution < 1.29 is 36.5 Å². The van der Waals surface area contributed by atoms with E-state index in [0.717, 1.165) is 11.1 Å². The van der Waals surface area contributed by atoms with Gasteiger partial charge in [0.05, 0.1) is 9.79 Å². The van der Waals surface area contributed by atoms with E-state index >= 15 is 0 Å². The smallest absolute Gasteiger partial charge is 0.378 e. The quantitative estimate of drug-likeness (QED) is 0.111. The normalized spacial score (nSPS) is 11.7. The van der Waals surface area contributed by atoms with Crippen LogP contribution in [0.15, 0.2) is 168 Å². The second kappa shape index (κ2) is 16.4. The van der Waals surface area contributed by atoms with Gasteiger partial charge >= 0.3 is 11.4 Å². The summed E-state index contributed by atoms with van der Waals surface area (Å²) < 4.78 is 70.5. The molecule has 2 N–H and O–H groups in total. The van der Waals surface area contributed by atoms with Crippen LogP contribution in [0, 0.1) is 10.8 Å². The lowest BCUT2D eigenvalue weighted by atomic mass is 9.78. The lowest BCUT2D eigenvalue weighted by Gasteiger charge is -2.26. The van der Waals surface area contributed by atoms with Gasteiger partial charge in [0.1, 0.15) is 23.0 Å². The first-order chi connectivity index (χ1) is 30.2. The van der Waals surface area contributed by atoms with Crippen LogP contribution in [0.5, 0.6) is 34.5 Å². The van der Waals surface area contributed by atoms with Crippen LogP contribution in [0.3, 0.4) is 0 Å². The monoisotopic (exact) mass is 874 g/mol. The van der Waals surface area contributed by atoms with Crippen LogP contribution in [0.4, 0.5) is 22.7 Å². The molecule has 0 atom stereocenters. The Labute approximate surface area is 362 Å². The maximum atomic E-state index is 13.3. The van der Waals surface area contributed by atoms with Crippen molar-refractivity contribution >= 4 is 64.3 Å². The number of sulfonamides is 2. The van der Waals surface area contributed by atoms with Crippen LogP contribution >= 0.6 is 0 Å². The Morgan fingerprint density at radius 1 is 0.460 bits per heavy atom. The molecule has 8 aromatic rings. The van der Waals surface area contributed by atoms with Gasteiger partial charge in [-0.25, -0.2) is 16.8 Å². The summed E-state index contributed by atoms with van der Waals surface area (Å²) in [6.07, 6.45) is 0. The first-order valence-corrected chi connectivity index (χ1v) is 22.1. The fourth-order valence-corrected chi connectivity index (χ4v) is 9.69. The molecule has 0 saturated carbocycles. The SMILES string of the molecule is CC(C)(c1ccc(Oc2ccc(NS(=O)(=O)c3cccc4c([O-])c([N+]#N)ccc34)cc2)cc1)c1ccc(Oc2ccc(NS(=O)(=O)c3cccc4c([O-])c([N+]#N)ccc34)cc2)cc1. The zero-order chi connectivity index (χ0) is 44.5. The summed E-state index contributed by atoms with van der Waals surface area (Å²) in [5, 5.41) is 43.9. The molecule has 0 aromatic heterocycles. The highest BCUT2D eigenvalue weighted by atomic mass is 32.2. The molecule has 0 bridgehead atoms. The van der Waals surface area contributed by atoms with E-state index in [2.05, 4.69) is 33.2 Å². The zero-order valence-electron chi connectivity index (χ0n) is 33.4. The van der Waals surface area contributed by atoms with Crippen molar-refractivity contribution in [3.63, 3.8) is 0 Å². The Kier molecular flexibility index (Phi) is 10.8. The van der Waals surface area contributed by atoms with Gasteiger partial charge < -0.3 is 19.7 Å². The fraction of sp³-hybridized carbons (Fsp3) is 0.0638. The van der Waals surface area contributed by atoms with E-state index < -0.39 is 37.0 Å². The van der Waals surface area contributed by atoms with Crippen molar-refractivity contribution in [1.29, 1.82) is 10.8 Å². The highest BCUT2D eigenvalue weighted by molar-refractivity contribution is 7.93. The molecule has 0 aliphatic carbocycles. The van der Waals surface area contributed by atoms with E-state index in [-0.39, 0.29) is 54.1 Å². The van der Waals surface area contributed by atoms with E-state index in [1.165, 1.54) is 60.7 Å². The topological polar surface area (TPSA) is 213 Å². The largest absolute Gasteiger partial charge is 0.867 e. The van der Waals surface area contributed by atoms with Crippen LogP contribution in [0.2, 0.25) is 0 Å². The Balaban J connectivity index is 0.879. The van der Waals surface area contributed by atoms with Crippen LogP contribution in [0.25, 0.3) is 31.5 Å². The molecule has 0 amide bonds. The van der Waals surface area contributed by atoms with Crippen molar-refractivity contribution in [2.75, 3.05) is 9.44 Å². The van der Waals surface area contributed by atoms with Gasteiger partial charge in [-0.1, -0.05) is 62.4 Å². The Hall–Kier alpha value is -8.18. The summed E-state index contributed by atoms with van der Waals surface area (Å²) >= 11 is 0. The number of nitrogens with one attached hydrogen (secondary N) is 2. The van der Waals surface area contributed by atoms with Crippen LogP contribution in [0.1, 0.15) is 25.0 Å². The summed E-state index contributed by atoms with van der Waals surface area (Å²) in [6, 6.07) is 42.1. The Bertz CT molecular complexity index is 3140. The van der Waals surface area contributed by atoms with Crippen molar-refractivity contribution in [3.05, 3.63) is 179 Å². The number of fused-ring (bicyclic) bond motifs is 2. The van der Waals surface area contributed by atoms with Gasteiger partial charge in [0, 0.05) is 39.7 Å². The summed E-state index contributed by atoms with van der Waals surface area (Å²) in [6.45, 7) is 4.19. The molecule has 0 heterocycles. The molecule has 16 heteroatoms. The van der Waals surface area contributed by atoms with Crippen molar-refractivity contribution in [1.82, 2.24) is 0 Å². The number of benzene rings is 8. The van der Waals surface area contributed by atoms with Crippen LogP contribution in [-0.4, -0.2) is 16.8 Å². The molecular formula is C47H34N6O8S2. The number of anilines is 2. The Morgan fingerprint density at radius 3 is 1.13 bits per heavy atom. The molecule has 0 aliphatic rings. The fourth-order valence-electron chi connectivity index (χ4n) is 7.13. The first-order valence-electron chi connectivity index (χ1n) is 19.1. The van der Waals surface area contributed by atoms with E-state index in [0.29, 0.717) is 23.0 Å². The van der Waals surface area contributed by atoms with Crippen molar-refractivity contribution in [2.45, 2.75) is 29.1 Å². The van der Waals surface area contributed by atoms with E-state index in [9.17, 15) is 27.0 Å². The molecule has 0 unspecified atom stereocenters. The minimum atomic E-state index is -4.09. The number of rotatable bonds is 12. The minimum absolute atomic E-state index is 0.0948. The third-order valence-corrected chi connectivity index (χ3v) is 13.4. The number of nitrogens with zero attached hydrogens (tertiary/aromatic N) is 4. The maximum absolute atomic E-state index is 13.3. The molecular weight excluding hydrogens is 841 g/mol. The predicted molar refractivity (Wildman–Crippen MR) is 236 cm³/mol. The summed E-state index contributed by atoms with van der Waals surface area (Å²) in [7, 11) is -8.18. The highest BCUT2D eigenvalue weighted by Gasteiger charge is 2.25. The first kappa shape index (κ1) is 41.5. The molecule has 0 radical (unpaired) electrons. The lowest BCUT2D eigenvalue weighted by Crippen LogP contribution is -2.18.